The molecule has 0 spiro atoms. The van der Waals surface area contributed by atoms with Crippen molar-refractivity contribution in [2.45, 2.75) is 57.3 Å². The number of alkyl halides is 3. The van der Waals surface area contributed by atoms with Crippen LogP contribution in [0.5, 0.6) is 0 Å². The molecule has 1 saturated heterocycles. The molecule has 2 aliphatic heterocycles. The maximum absolute atomic E-state index is 13.9. The third-order valence-corrected chi connectivity index (χ3v) is 6.09. The van der Waals surface area contributed by atoms with E-state index in [2.05, 4.69) is 17.5 Å². The highest BCUT2D eigenvalue weighted by Crippen LogP contribution is 2.51. The Morgan fingerprint density at radius 2 is 2.00 bits per heavy atom. The van der Waals surface area contributed by atoms with Crippen LogP contribution in [0.4, 0.5) is 18.9 Å². The smallest absolute Gasteiger partial charge is 0.381 e. The minimum absolute atomic E-state index is 0.0302. The highest BCUT2D eigenvalue weighted by Gasteiger charge is 2.45. The van der Waals surface area contributed by atoms with Crippen LogP contribution in [-0.4, -0.2) is 12.6 Å². The summed E-state index contributed by atoms with van der Waals surface area (Å²) >= 11 is 0. The van der Waals surface area contributed by atoms with Gasteiger partial charge in [0.25, 0.3) is 0 Å². The summed E-state index contributed by atoms with van der Waals surface area (Å²) in [6, 6.07) is 3.20. The van der Waals surface area contributed by atoms with E-state index in [0.29, 0.717) is 12.2 Å². The lowest BCUT2D eigenvalue weighted by Gasteiger charge is -2.46. The van der Waals surface area contributed by atoms with E-state index >= 15 is 0 Å². The van der Waals surface area contributed by atoms with Crippen molar-refractivity contribution >= 4 is 5.69 Å². The van der Waals surface area contributed by atoms with E-state index in [4.69, 9.17) is 4.74 Å². The summed E-state index contributed by atoms with van der Waals surface area (Å²) in [5, 5.41) is 3.32. The van der Waals surface area contributed by atoms with Crippen molar-refractivity contribution in [1.82, 2.24) is 0 Å². The average Bonchev–Trinajstić information content (AvgIpc) is 2.66. The Morgan fingerprint density at radius 1 is 1.19 bits per heavy atom. The number of hydrogen-bond donors (Lipinski definition) is 1. The van der Waals surface area contributed by atoms with Crippen LogP contribution in [0, 0.1) is 11.8 Å². The number of halogens is 3. The van der Waals surface area contributed by atoms with Crippen molar-refractivity contribution in [2.24, 2.45) is 11.8 Å². The standard InChI is InChI=1S/C22H26F3NO/c1-13(2)15-11-17-20(18(12-15)22(23,24)25)26-19(14-7-4-3-5-8-14)16-9-6-10-27-21(16)17/h3-5,7,11-14,16,19,21,26H,6,8-10H2,1-2H3/t14?,16-,19-,21-/m0/s1. The molecule has 0 radical (unpaired) electrons. The predicted molar refractivity (Wildman–Crippen MR) is 101 cm³/mol. The Kier molecular flexibility index (Phi) is 4.83. The number of hydrogen-bond acceptors (Lipinski definition) is 2. The summed E-state index contributed by atoms with van der Waals surface area (Å²) in [6.45, 7) is 4.47. The molecule has 0 saturated carbocycles. The lowest BCUT2D eigenvalue weighted by molar-refractivity contribution is -0.137. The molecule has 4 rings (SSSR count). The second-order valence-electron chi connectivity index (χ2n) is 8.17. The molecule has 1 N–H and O–H groups in total. The Morgan fingerprint density at radius 3 is 2.67 bits per heavy atom. The average molecular weight is 377 g/mol. The van der Waals surface area contributed by atoms with Gasteiger partial charge < -0.3 is 10.1 Å². The fourth-order valence-electron chi connectivity index (χ4n) is 4.69. The third kappa shape index (κ3) is 3.42. The van der Waals surface area contributed by atoms with Gasteiger partial charge in [-0.1, -0.05) is 44.2 Å². The van der Waals surface area contributed by atoms with Crippen molar-refractivity contribution in [2.75, 3.05) is 11.9 Å². The first-order valence-electron chi connectivity index (χ1n) is 9.82. The molecule has 4 atom stereocenters. The molecule has 27 heavy (non-hydrogen) atoms. The van der Waals surface area contributed by atoms with Crippen molar-refractivity contribution in [3.63, 3.8) is 0 Å². The van der Waals surface area contributed by atoms with Crippen LogP contribution in [0.15, 0.2) is 36.4 Å². The zero-order valence-corrected chi connectivity index (χ0v) is 15.7. The molecule has 0 bridgehead atoms. The van der Waals surface area contributed by atoms with Gasteiger partial charge >= 0.3 is 6.18 Å². The molecule has 1 aromatic carbocycles. The first-order chi connectivity index (χ1) is 12.9. The molecule has 1 aromatic rings. The van der Waals surface area contributed by atoms with Crippen molar-refractivity contribution in [3.8, 4) is 0 Å². The van der Waals surface area contributed by atoms with Gasteiger partial charge in [-0.2, -0.15) is 13.2 Å². The zero-order valence-electron chi connectivity index (χ0n) is 15.7. The summed E-state index contributed by atoms with van der Waals surface area (Å²) in [5.41, 5.74) is 1.07. The molecule has 2 nitrogen and oxygen atoms in total. The molecule has 146 valence electrons. The van der Waals surface area contributed by atoms with E-state index in [1.54, 1.807) is 0 Å². The highest BCUT2D eigenvalue weighted by molar-refractivity contribution is 5.64. The van der Waals surface area contributed by atoms with Gasteiger partial charge in [-0.25, -0.2) is 0 Å². The molecule has 5 heteroatoms. The van der Waals surface area contributed by atoms with Crippen molar-refractivity contribution < 1.29 is 17.9 Å². The van der Waals surface area contributed by atoms with Crippen molar-refractivity contribution in [3.05, 3.63) is 53.1 Å². The summed E-state index contributed by atoms with van der Waals surface area (Å²) in [6.07, 6.45) is 6.32. The second-order valence-corrected chi connectivity index (χ2v) is 8.17. The normalized spacial score (nSPS) is 30.0. The van der Waals surface area contributed by atoms with Crippen LogP contribution in [0.2, 0.25) is 0 Å². The van der Waals surface area contributed by atoms with Gasteiger partial charge in [-0.3, -0.25) is 0 Å². The fraction of sp³-hybridized carbons (Fsp3) is 0.545. The van der Waals surface area contributed by atoms with E-state index in [1.165, 1.54) is 6.07 Å². The van der Waals surface area contributed by atoms with Gasteiger partial charge in [0, 0.05) is 30.0 Å². The number of nitrogens with one attached hydrogen (secondary N) is 1. The summed E-state index contributed by atoms with van der Waals surface area (Å²) in [5.74, 6) is 0.404. The number of benzene rings is 1. The van der Waals surface area contributed by atoms with E-state index in [-0.39, 0.29) is 35.6 Å². The van der Waals surface area contributed by atoms with E-state index in [1.807, 2.05) is 32.1 Å². The first kappa shape index (κ1) is 18.6. The van der Waals surface area contributed by atoms with Gasteiger partial charge in [0.15, 0.2) is 0 Å². The zero-order chi connectivity index (χ0) is 19.2. The van der Waals surface area contributed by atoms with Crippen LogP contribution in [0.25, 0.3) is 0 Å². The molecular formula is C22H26F3NO. The first-order valence-corrected chi connectivity index (χ1v) is 9.82. The number of allylic oxidation sites excluding steroid dienone is 3. The molecule has 1 aliphatic carbocycles. The molecule has 1 fully saturated rings. The number of anilines is 1. The molecule has 2 heterocycles. The van der Waals surface area contributed by atoms with Gasteiger partial charge in [-0.05, 0) is 36.8 Å². The van der Waals surface area contributed by atoms with E-state index in [0.717, 1.165) is 24.8 Å². The highest BCUT2D eigenvalue weighted by atomic mass is 19.4. The van der Waals surface area contributed by atoms with Gasteiger partial charge in [0.2, 0.25) is 0 Å². The largest absolute Gasteiger partial charge is 0.418 e. The summed E-state index contributed by atoms with van der Waals surface area (Å²) < 4.78 is 47.8. The molecule has 0 amide bonds. The van der Waals surface area contributed by atoms with Crippen LogP contribution in [-0.2, 0) is 10.9 Å². The summed E-state index contributed by atoms with van der Waals surface area (Å²) in [7, 11) is 0. The van der Waals surface area contributed by atoms with Gasteiger partial charge in [0.05, 0.1) is 17.4 Å². The van der Waals surface area contributed by atoms with Gasteiger partial charge in [0.1, 0.15) is 0 Å². The summed E-state index contributed by atoms with van der Waals surface area (Å²) in [4.78, 5) is 0. The number of ether oxygens (including phenoxy) is 1. The Bertz CT molecular complexity index is 766. The lowest BCUT2D eigenvalue weighted by Crippen LogP contribution is -2.46. The van der Waals surface area contributed by atoms with Crippen molar-refractivity contribution in [1.29, 1.82) is 0 Å². The van der Waals surface area contributed by atoms with Crippen LogP contribution < -0.4 is 5.32 Å². The molecular weight excluding hydrogens is 351 g/mol. The number of rotatable bonds is 2. The Hall–Kier alpha value is -1.75. The molecule has 3 aliphatic rings. The monoisotopic (exact) mass is 377 g/mol. The van der Waals surface area contributed by atoms with E-state index in [9.17, 15) is 13.2 Å². The maximum atomic E-state index is 13.9. The van der Waals surface area contributed by atoms with Crippen LogP contribution in [0.3, 0.4) is 0 Å². The predicted octanol–water partition coefficient (Wildman–Crippen LogP) is 6.22. The second kappa shape index (κ2) is 7.01. The Balaban J connectivity index is 1.84. The molecule has 1 unspecified atom stereocenters. The lowest BCUT2D eigenvalue weighted by atomic mass is 9.72. The fourth-order valence-corrected chi connectivity index (χ4v) is 4.69. The maximum Gasteiger partial charge on any atom is 0.418 e. The van der Waals surface area contributed by atoms with Gasteiger partial charge in [-0.15, -0.1) is 0 Å². The molecule has 0 aromatic heterocycles. The van der Waals surface area contributed by atoms with E-state index < -0.39 is 11.7 Å². The minimum Gasteiger partial charge on any atom is -0.381 e. The minimum atomic E-state index is -4.39. The van der Waals surface area contributed by atoms with Crippen LogP contribution in [0.1, 0.15) is 61.8 Å². The number of fused-ring (bicyclic) bond motifs is 3. The SMILES string of the molecule is CC(C)c1cc2c(c(C(F)(F)F)c1)N[C@@H](C1C=CC=CC1)[C@@H]1CCCO[C@H]21. The quantitative estimate of drug-likeness (QED) is 0.660. The topological polar surface area (TPSA) is 21.3 Å². The van der Waals surface area contributed by atoms with Crippen LogP contribution >= 0.6 is 0 Å². The third-order valence-electron chi connectivity index (χ3n) is 6.09. The Labute approximate surface area is 158 Å².